The summed E-state index contributed by atoms with van der Waals surface area (Å²) in [6.07, 6.45) is 5.08. The fourth-order valence-electron chi connectivity index (χ4n) is 0.877. The third-order valence-electron chi connectivity index (χ3n) is 1.62. The summed E-state index contributed by atoms with van der Waals surface area (Å²) in [5.41, 5.74) is 0. The molecule has 62 valence electrons. The van der Waals surface area contributed by atoms with Gasteiger partial charge in [0.05, 0.1) is 0 Å². The van der Waals surface area contributed by atoms with Gasteiger partial charge in [-0.3, -0.25) is 0 Å². The van der Waals surface area contributed by atoms with E-state index in [1.54, 1.807) is 0 Å². The number of unbranched alkanes of at least 4 members (excludes halogenated alkanes) is 1. The van der Waals surface area contributed by atoms with Crippen LogP contribution in [-0.2, 0) is 0 Å². The van der Waals surface area contributed by atoms with Gasteiger partial charge in [-0.15, -0.1) is 9.24 Å². The lowest BCUT2D eigenvalue weighted by atomic mass is 10.2. The molecule has 0 aromatic carbocycles. The van der Waals surface area contributed by atoms with E-state index in [2.05, 4.69) is 28.4 Å². The molecule has 1 unspecified atom stereocenters. The molecule has 0 fully saturated rings. The molecule has 0 saturated heterocycles. The molecule has 0 spiro atoms. The summed E-state index contributed by atoms with van der Waals surface area (Å²) in [4.78, 5) is 0. The molecule has 0 aliphatic carbocycles. The molecular formula is C8H20NP. The van der Waals surface area contributed by atoms with Crippen molar-refractivity contribution in [1.29, 1.82) is 0 Å². The van der Waals surface area contributed by atoms with Crippen molar-refractivity contribution in [3.63, 3.8) is 0 Å². The summed E-state index contributed by atoms with van der Waals surface area (Å²) in [6.45, 7) is 5.66. The smallest absolute Gasteiger partial charge is 0.00419 e. The van der Waals surface area contributed by atoms with Gasteiger partial charge in [-0.1, -0.05) is 13.3 Å². The minimum atomic E-state index is 0.698. The molecular weight excluding hydrogens is 141 g/mol. The van der Waals surface area contributed by atoms with Crippen LogP contribution in [0.25, 0.3) is 0 Å². The highest BCUT2D eigenvalue weighted by atomic mass is 31.0. The van der Waals surface area contributed by atoms with Crippen LogP contribution < -0.4 is 5.32 Å². The Kier molecular flexibility index (Phi) is 7.79. The monoisotopic (exact) mass is 161 g/mol. The molecule has 0 saturated carbocycles. The molecule has 0 amide bonds. The highest BCUT2D eigenvalue weighted by Gasteiger charge is 1.96. The minimum Gasteiger partial charge on any atom is -0.314 e. The van der Waals surface area contributed by atoms with Crippen molar-refractivity contribution in [3.05, 3.63) is 0 Å². The Morgan fingerprint density at radius 1 is 1.50 bits per heavy atom. The normalized spacial score (nSPS) is 13.5. The Morgan fingerprint density at radius 3 is 2.70 bits per heavy atom. The Morgan fingerprint density at radius 2 is 2.20 bits per heavy atom. The minimum absolute atomic E-state index is 0.698. The number of rotatable bonds is 6. The summed E-state index contributed by atoms with van der Waals surface area (Å²) < 4.78 is 0. The van der Waals surface area contributed by atoms with Crippen LogP contribution in [-0.4, -0.2) is 18.7 Å². The lowest BCUT2D eigenvalue weighted by Crippen LogP contribution is -2.27. The zero-order valence-corrected chi connectivity index (χ0v) is 8.34. The summed E-state index contributed by atoms with van der Waals surface area (Å²) in [7, 11) is 2.76. The van der Waals surface area contributed by atoms with Crippen molar-refractivity contribution >= 4 is 9.24 Å². The fraction of sp³-hybridized carbons (Fsp3) is 1.00. The Hall–Kier alpha value is 0.390. The van der Waals surface area contributed by atoms with E-state index >= 15 is 0 Å². The molecule has 10 heavy (non-hydrogen) atoms. The van der Waals surface area contributed by atoms with Crippen LogP contribution in [0, 0.1) is 0 Å². The average Bonchev–Trinajstić information content (AvgIpc) is 1.89. The lowest BCUT2D eigenvalue weighted by molar-refractivity contribution is 0.524. The quantitative estimate of drug-likeness (QED) is 0.464. The SMILES string of the molecule is CCCCN[C@H](C)CCP. The van der Waals surface area contributed by atoms with Gasteiger partial charge < -0.3 is 5.32 Å². The molecule has 0 radical (unpaired) electrons. The van der Waals surface area contributed by atoms with Crippen molar-refractivity contribution < 1.29 is 0 Å². The highest BCUT2D eigenvalue weighted by molar-refractivity contribution is 7.16. The van der Waals surface area contributed by atoms with E-state index in [0.29, 0.717) is 6.04 Å². The second-order valence-corrected chi connectivity index (χ2v) is 3.36. The van der Waals surface area contributed by atoms with Gasteiger partial charge in [0.2, 0.25) is 0 Å². The fourth-order valence-corrected chi connectivity index (χ4v) is 1.38. The Labute approximate surface area is 67.2 Å². The van der Waals surface area contributed by atoms with Crippen molar-refractivity contribution in [3.8, 4) is 0 Å². The molecule has 0 rings (SSSR count). The third-order valence-corrected chi connectivity index (χ3v) is 1.96. The number of nitrogens with one attached hydrogen (secondary N) is 1. The van der Waals surface area contributed by atoms with Crippen LogP contribution >= 0.6 is 9.24 Å². The number of hydrogen-bond acceptors (Lipinski definition) is 1. The summed E-state index contributed by atoms with van der Waals surface area (Å²) in [5.74, 6) is 0. The van der Waals surface area contributed by atoms with Crippen molar-refractivity contribution in [2.75, 3.05) is 12.7 Å². The highest BCUT2D eigenvalue weighted by Crippen LogP contribution is 1.95. The topological polar surface area (TPSA) is 12.0 Å². The predicted octanol–water partition coefficient (Wildman–Crippen LogP) is 2.03. The van der Waals surface area contributed by atoms with Gasteiger partial charge in [-0.05, 0) is 32.5 Å². The Balaban J connectivity index is 2.97. The summed E-state index contributed by atoms with van der Waals surface area (Å²) in [5, 5.41) is 3.47. The largest absolute Gasteiger partial charge is 0.314 e. The van der Waals surface area contributed by atoms with Gasteiger partial charge in [0.1, 0.15) is 0 Å². The molecule has 0 aliphatic heterocycles. The van der Waals surface area contributed by atoms with Gasteiger partial charge in [0.15, 0.2) is 0 Å². The molecule has 2 heteroatoms. The lowest BCUT2D eigenvalue weighted by Gasteiger charge is -2.11. The second-order valence-electron chi connectivity index (χ2n) is 2.79. The Bertz CT molecular complexity index is 66.3. The zero-order valence-electron chi connectivity index (χ0n) is 7.19. The molecule has 0 aromatic heterocycles. The maximum Gasteiger partial charge on any atom is 0.00419 e. The number of hydrogen-bond donors (Lipinski definition) is 1. The van der Waals surface area contributed by atoms with E-state index in [1.165, 1.54) is 32.0 Å². The maximum absolute atomic E-state index is 3.47. The van der Waals surface area contributed by atoms with E-state index in [4.69, 9.17) is 0 Å². The summed E-state index contributed by atoms with van der Waals surface area (Å²) >= 11 is 0. The van der Waals surface area contributed by atoms with Gasteiger partial charge in [0, 0.05) is 6.04 Å². The second kappa shape index (κ2) is 7.50. The molecule has 0 bridgehead atoms. The van der Waals surface area contributed by atoms with Crippen LogP contribution in [0.15, 0.2) is 0 Å². The first-order chi connectivity index (χ1) is 4.81. The van der Waals surface area contributed by atoms with Gasteiger partial charge in [-0.25, -0.2) is 0 Å². The third kappa shape index (κ3) is 6.51. The van der Waals surface area contributed by atoms with Crippen molar-refractivity contribution in [1.82, 2.24) is 5.32 Å². The maximum atomic E-state index is 3.47. The molecule has 2 atom stereocenters. The molecule has 0 aromatic rings. The standard InChI is InChI=1S/C8H20NP/c1-3-4-6-9-8(2)5-7-10/h8-9H,3-7,10H2,1-2H3/t8-/m1/s1. The van der Waals surface area contributed by atoms with E-state index in [1.807, 2.05) is 0 Å². The first kappa shape index (κ1) is 10.4. The van der Waals surface area contributed by atoms with E-state index in [0.717, 1.165) is 0 Å². The van der Waals surface area contributed by atoms with Crippen LogP contribution in [0.1, 0.15) is 33.1 Å². The van der Waals surface area contributed by atoms with Gasteiger partial charge in [0.25, 0.3) is 0 Å². The van der Waals surface area contributed by atoms with Gasteiger partial charge >= 0.3 is 0 Å². The van der Waals surface area contributed by atoms with Gasteiger partial charge in [-0.2, -0.15) is 0 Å². The summed E-state index contributed by atoms with van der Waals surface area (Å²) in [6, 6.07) is 0.698. The molecule has 1 nitrogen and oxygen atoms in total. The van der Waals surface area contributed by atoms with E-state index in [9.17, 15) is 0 Å². The first-order valence-electron chi connectivity index (χ1n) is 4.24. The van der Waals surface area contributed by atoms with E-state index in [-0.39, 0.29) is 0 Å². The van der Waals surface area contributed by atoms with Crippen LogP contribution in [0.3, 0.4) is 0 Å². The van der Waals surface area contributed by atoms with E-state index < -0.39 is 0 Å². The van der Waals surface area contributed by atoms with Crippen molar-refractivity contribution in [2.45, 2.75) is 39.2 Å². The average molecular weight is 161 g/mol. The first-order valence-corrected chi connectivity index (χ1v) is 5.06. The van der Waals surface area contributed by atoms with Crippen LogP contribution in [0.5, 0.6) is 0 Å². The molecule has 1 N–H and O–H groups in total. The molecule has 0 heterocycles. The molecule has 0 aliphatic rings. The zero-order chi connectivity index (χ0) is 7.82. The van der Waals surface area contributed by atoms with Crippen LogP contribution in [0.4, 0.5) is 0 Å². The predicted molar refractivity (Wildman–Crippen MR) is 51.6 cm³/mol. The van der Waals surface area contributed by atoms with Crippen LogP contribution in [0.2, 0.25) is 0 Å². The van der Waals surface area contributed by atoms with Crippen molar-refractivity contribution in [2.24, 2.45) is 0 Å².